The van der Waals surface area contributed by atoms with Crippen molar-refractivity contribution in [2.24, 2.45) is 0 Å². The maximum Gasteiger partial charge on any atom is 0.261 e. The molecule has 6 nitrogen and oxygen atoms in total. The normalized spacial score (nSPS) is 21.0. The summed E-state index contributed by atoms with van der Waals surface area (Å²) >= 11 is 0. The van der Waals surface area contributed by atoms with E-state index in [1.54, 1.807) is 28.6 Å². The molecule has 164 valence electrons. The van der Waals surface area contributed by atoms with Crippen LogP contribution in [-0.4, -0.2) is 33.2 Å². The van der Waals surface area contributed by atoms with Crippen molar-refractivity contribution < 1.29 is 16.8 Å². The average molecular weight is 451 g/mol. The van der Waals surface area contributed by atoms with E-state index in [1.807, 2.05) is 27.7 Å². The molecule has 2 aromatic carbocycles. The summed E-state index contributed by atoms with van der Waals surface area (Å²) in [5, 5.41) is 0. The van der Waals surface area contributed by atoms with Crippen molar-refractivity contribution >= 4 is 25.7 Å². The van der Waals surface area contributed by atoms with Crippen molar-refractivity contribution in [2.75, 3.05) is 4.72 Å². The highest BCUT2D eigenvalue weighted by atomic mass is 32.2. The van der Waals surface area contributed by atoms with E-state index in [0.717, 1.165) is 24.8 Å². The van der Waals surface area contributed by atoms with Gasteiger partial charge >= 0.3 is 0 Å². The van der Waals surface area contributed by atoms with E-state index in [0.29, 0.717) is 11.6 Å². The molecule has 8 heteroatoms. The first-order valence-corrected chi connectivity index (χ1v) is 13.2. The van der Waals surface area contributed by atoms with Crippen LogP contribution in [0, 0.1) is 0 Å². The summed E-state index contributed by atoms with van der Waals surface area (Å²) in [4.78, 5) is 0.340. The quantitative estimate of drug-likeness (QED) is 0.699. The molecule has 2 unspecified atom stereocenters. The SMILES string of the molecule is CC(C)c1ccc(S(=O)(=O)Nc2ccc(S(=O)(=O)N3C(C)CCCC3C)cc2)cc1. The number of hydrogen-bond donors (Lipinski definition) is 1. The third-order valence-electron chi connectivity index (χ3n) is 5.65. The van der Waals surface area contributed by atoms with E-state index >= 15 is 0 Å². The Labute approximate surface area is 180 Å². The molecule has 0 bridgehead atoms. The molecule has 0 radical (unpaired) electrons. The second kappa shape index (κ2) is 8.69. The molecule has 1 N–H and O–H groups in total. The number of hydrogen-bond acceptors (Lipinski definition) is 4. The maximum atomic E-state index is 13.1. The van der Waals surface area contributed by atoms with Gasteiger partial charge in [-0.2, -0.15) is 4.31 Å². The molecule has 0 amide bonds. The monoisotopic (exact) mass is 450 g/mol. The van der Waals surface area contributed by atoms with Crippen molar-refractivity contribution in [2.45, 2.75) is 74.7 Å². The van der Waals surface area contributed by atoms with Crippen LogP contribution in [0.4, 0.5) is 5.69 Å². The Balaban J connectivity index is 1.80. The fraction of sp³-hybridized carbons (Fsp3) is 0.455. The molecule has 1 fully saturated rings. The van der Waals surface area contributed by atoms with Crippen molar-refractivity contribution in [3.63, 3.8) is 0 Å². The molecule has 30 heavy (non-hydrogen) atoms. The number of piperidine rings is 1. The van der Waals surface area contributed by atoms with Crippen LogP contribution in [0.15, 0.2) is 58.3 Å². The predicted molar refractivity (Wildman–Crippen MR) is 120 cm³/mol. The highest BCUT2D eigenvalue weighted by Crippen LogP contribution is 2.30. The summed E-state index contributed by atoms with van der Waals surface area (Å²) < 4.78 is 55.6. The van der Waals surface area contributed by atoms with E-state index in [1.165, 1.54) is 24.3 Å². The fourth-order valence-corrected chi connectivity index (χ4v) is 6.87. The van der Waals surface area contributed by atoms with E-state index in [4.69, 9.17) is 0 Å². The summed E-state index contributed by atoms with van der Waals surface area (Å²) in [6.07, 6.45) is 2.71. The van der Waals surface area contributed by atoms with Gasteiger partial charge in [-0.05, 0) is 74.6 Å². The first kappa shape index (κ1) is 22.8. The molecule has 1 heterocycles. The molecule has 1 aliphatic heterocycles. The minimum Gasteiger partial charge on any atom is -0.280 e. The number of benzene rings is 2. The van der Waals surface area contributed by atoms with Crippen LogP contribution in [0.25, 0.3) is 0 Å². The second-order valence-corrected chi connectivity index (χ2v) is 11.8. The van der Waals surface area contributed by atoms with Gasteiger partial charge in [-0.25, -0.2) is 16.8 Å². The van der Waals surface area contributed by atoms with E-state index in [-0.39, 0.29) is 21.9 Å². The van der Waals surface area contributed by atoms with E-state index < -0.39 is 20.0 Å². The van der Waals surface area contributed by atoms with Gasteiger partial charge in [0, 0.05) is 17.8 Å². The summed E-state index contributed by atoms with van der Waals surface area (Å²) in [7, 11) is -7.38. The largest absolute Gasteiger partial charge is 0.280 e. The lowest BCUT2D eigenvalue weighted by atomic mass is 10.0. The molecule has 0 spiro atoms. The van der Waals surface area contributed by atoms with Crippen LogP contribution in [0.5, 0.6) is 0 Å². The lowest BCUT2D eigenvalue weighted by Gasteiger charge is -2.37. The molecule has 2 atom stereocenters. The van der Waals surface area contributed by atoms with Gasteiger partial charge in [-0.3, -0.25) is 4.72 Å². The van der Waals surface area contributed by atoms with Gasteiger partial charge in [0.2, 0.25) is 10.0 Å². The lowest BCUT2D eigenvalue weighted by molar-refractivity contribution is 0.204. The minimum absolute atomic E-state index is 0.0502. The Morgan fingerprint density at radius 3 is 1.83 bits per heavy atom. The molecule has 1 aliphatic rings. The fourth-order valence-electron chi connectivity index (χ4n) is 3.93. The van der Waals surface area contributed by atoms with Gasteiger partial charge in [0.05, 0.1) is 9.79 Å². The van der Waals surface area contributed by atoms with Crippen molar-refractivity contribution in [3.05, 3.63) is 54.1 Å². The summed E-state index contributed by atoms with van der Waals surface area (Å²) in [6, 6.07) is 12.6. The zero-order chi connectivity index (χ0) is 22.1. The minimum atomic E-state index is -3.75. The molecule has 3 rings (SSSR count). The number of rotatable bonds is 6. The Kier molecular flexibility index (Phi) is 6.60. The molecular weight excluding hydrogens is 420 g/mol. The standard InChI is InChI=1S/C22H30N2O4S2/c1-16(2)19-8-12-21(13-9-19)29(25,26)23-20-10-14-22(15-11-20)30(27,28)24-17(3)6-5-7-18(24)4/h8-18,23H,5-7H2,1-4H3. The molecule has 2 aromatic rings. The lowest BCUT2D eigenvalue weighted by Crippen LogP contribution is -2.47. The Bertz CT molecular complexity index is 1070. The van der Waals surface area contributed by atoms with Crippen LogP contribution in [0.2, 0.25) is 0 Å². The van der Waals surface area contributed by atoms with Crippen LogP contribution < -0.4 is 4.72 Å². The smallest absolute Gasteiger partial charge is 0.261 e. The van der Waals surface area contributed by atoms with Crippen LogP contribution >= 0.6 is 0 Å². The number of anilines is 1. The van der Waals surface area contributed by atoms with E-state index in [2.05, 4.69) is 4.72 Å². The average Bonchev–Trinajstić information content (AvgIpc) is 2.68. The first-order chi connectivity index (χ1) is 14.0. The summed E-state index contributed by atoms with van der Waals surface area (Å²) in [5.41, 5.74) is 1.38. The molecule has 0 aliphatic carbocycles. The zero-order valence-electron chi connectivity index (χ0n) is 17.9. The van der Waals surface area contributed by atoms with Gasteiger partial charge in [0.25, 0.3) is 10.0 Å². The van der Waals surface area contributed by atoms with Crippen molar-refractivity contribution in [3.8, 4) is 0 Å². The summed E-state index contributed by atoms with van der Waals surface area (Å²) in [5.74, 6) is 0.314. The maximum absolute atomic E-state index is 13.1. The summed E-state index contributed by atoms with van der Waals surface area (Å²) in [6.45, 7) is 7.95. The third kappa shape index (κ3) is 4.71. The Morgan fingerprint density at radius 2 is 1.33 bits per heavy atom. The van der Waals surface area contributed by atoms with Gasteiger partial charge in [-0.1, -0.05) is 32.4 Å². The van der Waals surface area contributed by atoms with E-state index in [9.17, 15) is 16.8 Å². The number of nitrogens with zero attached hydrogens (tertiary/aromatic N) is 1. The van der Waals surface area contributed by atoms with Crippen LogP contribution in [0.3, 0.4) is 0 Å². The van der Waals surface area contributed by atoms with Crippen molar-refractivity contribution in [1.29, 1.82) is 0 Å². The van der Waals surface area contributed by atoms with Crippen LogP contribution in [0.1, 0.15) is 58.4 Å². The van der Waals surface area contributed by atoms with Crippen LogP contribution in [-0.2, 0) is 20.0 Å². The topological polar surface area (TPSA) is 83.5 Å². The molecule has 0 aromatic heterocycles. The van der Waals surface area contributed by atoms with Gasteiger partial charge < -0.3 is 0 Å². The van der Waals surface area contributed by atoms with Gasteiger partial charge in [0.15, 0.2) is 0 Å². The number of sulfonamides is 2. The molecule has 0 saturated carbocycles. The number of nitrogens with one attached hydrogen (secondary N) is 1. The Morgan fingerprint density at radius 1 is 0.833 bits per heavy atom. The zero-order valence-corrected chi connectivity index (χ0v) is 19.5. The molecule has 1 saturated heterocycles. The van der Waals surface area contributed by atoms with Gasteiger partial charge in [-0.15, -0.1) is 0 Å². The Hall–Kier alpha value is -1.90. The predicted octanol–water partition coefficient (Wildman–Crippen LogP) is 4.56. The second-order valence-electron chi connectivity index (χ2n) is 8.32. The molecular formula is C22H30N2O4S2. The third-order valence-corrected chi connectivity index (χ3v) is 9.19. The highest BCUT2D eigenvalue weighted by molar-refractivity contribution is 7.92. The van der Waals surface area contributed by atoms with Gasteiger partial charge in [0.1, 0.15) is 0 Å². The highest BCUT2D eigenvalue weighted by Gasteiger charge is 2.35. The van der Waals surface area contributed by atoms with Crippen molar-refractivity contribution in [1.82, 2.24) is 4.31 Å². The first-order valence-electron chi connectivity index (χ1n) is 10.3.